The highest BCUT2D eigenvalue weighted by atomic mass is 19.3. The molecule has 3 aromatic rings. The van der Waals surface area contributed by atoms with E-state index >= 15 is 0 Å². The molecular formula is C21H18F2N2O4. The van der Waals surface area contributed by atoms with Crippen LogP contribution in [0.1, 0.15) is 17.0 Å². The van der Waals surface area contributed by atoms with Crippen molar-refractivity contribution in [3.63, 3.8) is 0 Å². The van der Waals surface area contributed by atoms with Crippen LogP contribution in [0.25, 0.3) is 11.0 Å². The summed E-state index contributed by atoms with van der Waals surface area (Å²) >= 11 is 0. The van der Waals surface area contributed by atoms with Crippen LogP contribution in [0, 0.1) is 0 Å². The summed E-state index contributed by atoms with van der Waals surface area (Å²) in [6.45, 7) is -1.92. The number of hydrogen-bond donors (Lipinski definition) is 1. The van der Waals surface area contributed by atoms with Crippen LogP contribution in [-0.4, -0.2) is 31.7 Å². The molecule has 1 fully saturated rings. The summed E-state index contributed by atoms with van der Waals surface area (Å²) in [4.78, 5) is 26.6. The average Bonchev–Trinajstić information content (AvgIpc) is 3.16. The second-order valence-electron chi connectivity index (χ2n) is 6.72. The number of alkyl halides is 2. The van der Waals surface area contributed by atoms with Gasteiger partial charge in [-0.3, -0.25) is 9.59 Å². The summed E-state index contributed by atoms with van der Waals surface area (Å²) in [5.41, 5.74) is 0.598. The van der Waals surface area contributed by atoms with E-state index in [4.69, 9.17) is 4.42 Å². The van der Waals surface area contributed by atoms with Gasteiger partial charge in [0.2, 0.25) is 0 Å². The van der Waals surface area contributed by atoms with Crippen molar-refractivity contribution in [1.29, 1.82) is 0 Å². The molecule has 8 heteroatoms. The van der Waals surface area contributed by atoms with Crippen LogP contribution in [0.15, 0.2) is 63.8 Å². The number of para-hydroxylation sites is 3. The largest absolute Gasteiger partial charge is 0.451 e. The maximum absolute atomic E-state index is 12.6. The Hall–Kier alpha value is -3.42. The second kappa shape index (κ2) is 7.90. The molecule has 1 aromatic heterocycles. The van der Waals surface area contributed by atoms with Gasteiger partial charge >= 0.3 is 6.61 Å². The Bertz CT molecular complexity index is 1100. The molecule has 29 heavy (non-hydrogen) atoms. The lowest BCUT2D eigenvalue weighted by molar-refractivity contribution is -0.0495. The fourth-order valence-electron chi connectivity index (χ4n) is 3.48. The first-order valence-corrected chi connectivity index (χ1v) is 9.14. The number of halogens is 2. The Morgan fingerprint density at radius 3 is 2.76 bits per heavy atom. The fourth-order valence-corrected chi connectivity index (χ4v) is 3.48. The first-order valence-electron chi connectivity index (χ1n) is 9.14. The molecular weight excluding hydrogens is 382 g/mol. The predicted molar refractivity (Wildman–Crippen MR) is 104 cm³/mol. The Morgan fingerprint density at radius 1 is 1.17 bits per heavy atom. The highest BCUT2D eigenvalue weighted by Crippen LogP contribution is 2.31. The number of nitrogens with one attached hydrogen (secondary N) is 1. The van der Waals surface area contributed by atoms with E-state index in [1.54, 1.807) is 42.5 Å². The molecule has 2 aromatic carbocycles. The zero-order valence-electron chi connectivity index (χ0n) is 15.3. The SMILES string of the molecule is O=C(N[C@H]1CCN(c2ccccc2OC(F)F)C1)c1cc(=O)c2ccccc2o1. The predicted octanol–water partition coefficient (Wildman–Crippen LogP) is 3.40. The molecule has 0 unspecified atom stereocenters. The molecule has 150 valence electrons. The summed E-state index contributed by atoms with van der Waals surface area (Å²) in [6, 6.07) is 14.2. The van der Waals surface area contributed by atoms with Crippen molar-refractivity contribution in [3.8, 4) is 5.75 Å². The molecule has 0 aliphatic carbocycles. The number of anilines is 1. The van der Waals surface area contributed by atoms with Crippen molar-refractivity contribution in [2.75, 3.05) is 18.0 Å². The number of carbonyl (C=O) groups is 1. The van der Waals surface area contributed by atoms with E-state index < -0.39 is 12.5 Å². The topological polar surface area (TPSA) is 71.8 Å². The van der Waals surface area contributed by atoms with Gasteiger partial charge in [0.05, 0.1) is 11.1 Å². The van der Waals surface area contributed by atoms with Gasteiger partial charge in [-0.25, -0.2) is 0 Å². The van der Waals surface area contributed by atoms with Crippen molar-refractivity contribution < 1.29 is 22.7 Å². The number of nitrogens with zero attached hydrogens (tertiary/aromatic N) is 1. The normalized spacial score (nSPS) is 16.4. The van der Waals surface area contributed by atoms with E-state index in [1.807, 2.05) is 4.90 Å². The van der Waals surface area contributed by atoms with Crippen molar-refractivity contribution in [2.24, 2.45) is 0 Å². The van der Waals surface area contributed by atoms with Crippen molar-refractivity contribution >= 4 is 22.6 Å². The minimum absolute atomic E-state index is 0.0615. The fraction of sp³-hybridized carbons (Fsp3) is 0.238. The molecule has 0 saturated carbocycles. The van der Waals surface area contributed by atoms with Crippen molar-refractivity contribution in [3.05, 3.63) is 70.6 Å². The van der Waals surface area contributed by atoms with E-state index in [-0.39, 0.29) is 23.0 Å². The van der Waals surface area contributed by atoms with Gasteiger partial charge in [0, 0.05) is 25.2 Å². The van der Waals surface area contributed by atoms with Crippen LogP contribution >= 0.6 is 0 Å². The first-order chi connectivity index (χ1) is 14.0. The molecule has 2 heterocycles. The summed E-state index contributed by atoms with van der Waals surface area (Å²) in [6.07, 6.45) is 0.618. The van der Waals surface area contributed by atoms with Gasteiger partial charge in [-0.05, 0) is 30.7 Å². The van der Waals surface area contributed by atoms with Crippen LogP contribution in [0.3, 0.4) is 0 Å². The molecule has 6 nitrogen and oxygen atoms in total. The maximum atomic E-state index is 12.6. The van der Waals surface area contributed by atoms with E-state index in [0.29, 0.717) is 36.2 Å². The molecule has 1 N–H and O–H groups in total. The Labute approximate surface area is 164 Å². The summed E-state index contributed by atoms with van der Waals surface area (Å²) in [7, 11) is 0. The standard InChI is InChI=1S/C21H18F2N2O4/c22-21(23)29-18-8-4-2-6-15(18)25-10-9-13(12-25)24-20(27)19-11-16(26)14-5-1-3-7-17(14)28-19/h1-8,11,13,21H,9-10,12H2,(H,24,27)/t13-/m0/s1. The van der Waals surface area contributed by atoms with Crippen LogP contribution in [0.5, 0.6) is 5.75 Å². The Morgan fingerprint density at radius 2 is 1.93 bits per heavy atom. The molecule has 1 amide bonds. The molecule has 0 bridgehead atoms. The highest BCUT2D eigenvalue weighted by Gasteiger charge is 2.27. The van der Waals surface area contributed by atoms with Gasteiger partial charge in [-0.2, -0.15) is 8.78 Å². The molecule has 1 aliphatic rings. The molecule has 0 radical (unpaired) electrons. The molecule has 4 rings (SSSR count). The first kappa shape index (κ1) is 18.9. The zero-order chi connectivity index (χ0) is 20.4. The van der Waals surface area contributed by atoms with E-state index in [9.17, 15) is 18.4 Å². The number of rotatable bonds is 5. The van der Waals surface area contributed by atoms with Crippen LogP contribution in [0.2, 0.25) is 0 Å². The van der Waals surface area contributed by atoms with Crippen LogP contribution < -0.4 is 20.4 Å². The van der Waals surface area contributed by atoms with E-state index in [0.717, 1.165) is 0 Å². The Kier molecular flexibility index (Phi) is 5.16. The number of ether oxygens (including phenoxy) is 1. The number of carbonyl (C=O) groups excluding carboxylic acids is 1. The van der Waals surface area contributed by atoms with Crippen molar-refractivity contribution in [1.82, 2.24) is 5.32 Å². The van der Waals surface area contributed by atoms with Gasteiger partial charge in [-0.15, -0.1) is 0 Å². The van der Waals surface area contributed by atoms with E-state index in [1.165, 1.54) is 12.1 Å². The summed E-state index contributed by atoms with van der Waals surface area (Å²) < 4.78 is 35.4. The highest BCUT2D eigenvalue weighted by molar-refractivity contribution is 5.93. The number of fused-ring (bicyclic) bond motifs is 1. The average molecular weight is 400 g/mol. The minimum atomic E-state index is -2.91. The van der Waals surface area contributed by atoms with Gasteiger partial charge in [0.25, 0.3) is 5.91 Å². The van der Waals surface area contributed by atoms with Gasteiger partial charge in [0.15, 0.2) is 11.2 Å². The quantitative estimate of drug-likeness (QED) is 0.711. The monoisotopic (exact) mass is 400 g/mol. The molecule has 0 spiro atoms. The van der Waals surface area contributed by atoms with Crippen LogP contribution in [-0.2, 0) is 0 Å². The second-order valence-corrected chi connectivity index (χ2v) is 6.72. The lowest BCUT2D eigenvalue weighted by Crippen LogP contribution is -2.37. The van der Waals surface area contributed by atoms with Gasteiger partial charge < -0.3 is 19.4 Å². The van der Waals surface area contributed by atoms with Gasteiger partial charge in [0.1, 0.15) is 11.3 Å². The lowest BCUT2D eigenvalue weighted by atomic mass is 10.2. The third-order valence-electron chi connectivity index (χ3n) is 4.80. The van der Waals surface area contributed by atoms with Crippen LogP contribution in [0.4, 0.5) is 14.5 Å². The summed E-state index contributed by atoms with van der Waals surface area (Å²) in [5.74, 6) is -0.458. The molecule has 1 saturated heterocycles. The van der Waals surface area contributed by atoms with Crippen molar-refractivity contribution in [2.45, 2.75) is 19.1 Å². The number of benzene rings is 2. The number of amides is 1. The maximum Gasteiger partial charge on any atom is 0.387 e. The lowest BCUT2D eigenvalue weighted by Gasteiger charge is -2.22. The minimum Gasteiger partial charge on any atom is -0.451 e. The molecule has 1 aliphatic heterocycles. The third kappa shape index (κ3) is 4.06. The number of hydrogen-bond acceptors (Lipinski definition) is 5. The van der Waals surface area contributed by atoms with E-state index in [2.05, 4.69) is 10.1 Å². The smallest absolute Gasteiger partial charge is 0.387 e. The molecule has 1 atom stereocenters. The Balaban J connectivity index is 1.47. The zero-order valence-corrected chi connectivity index (χ0v) is 15.3. The van der Waals surface area contributed by atoms with Gasteiger partial charge in [-0.1, -0.05) is 24.3 Å². The summed E-state index contributed by atoms with van der Waals surface area (Å²) in [5, 5.41) is 3.25. The third-order valence-corrected chi connectivity index (χ3v) is 4.80.